The van der Waals surface area contributed by atoms with Gasteiger partial charge < -0.3 is 10.2 Å². The highest BCUT2D eigenvalue weighted by molar-refractivity contribution is 5.97. The lowest BCUT2D eigenvalue weighted by Gasteiger charge is -2.09. The van der Waals surface area contributed by atoms with Crippen LogP contribution in [0, 0.1) is 0 Å². The van der Waals surface area contributed by atoms with Crippen LogP contribution in [0.1, 0.15) is 71.1 Å². The zero-order valence-corrected chi connectivity index (χ0v) is 12.6. The largest absolute Gasteiger partial charge is 0.480 e. The van der Waals surface area contributed by atoms with E-state index in [4.69, 9.17) is 10.2 Å². The third-order valence-corrected chi connectivity index (χ3v) is 3.37. The van der Waals surface area contributed by atoms with E-state index >= 15 is 0 Å². The number of rotatable bonds is 14. The van der Waals surface area contributed by atoms with Crippen LogP contribution in [-0.4, -0.2) is 34.7 Å². The fourth-order valence-electron chi connectivity index (χ4n) is 2.14. The van der Waals surface area contributed by atoms with E-state index in [0.29, 0.717) is 6.54 Å². The van der Waals surface area contributed by atoms with Crippen molar-refractivity contribution in [2.24, 2.45) is 0 Å². The third-order valence-electron chi connectivity index (χ3n) is 3.37. The number of aliphatic carboxylic acids is 2. The molecule has 0 fully saturated rings. The van der Waals surface area contributed by atoms with Gasteiger partial charge in [0.2, 0.25) is 6.04 Å². The fourth-order valence-corrected chi connectivity index (χ4v) is 2.14. The van der Waals surface area contributed by atoms with Gasteiger partial charge in [0.1, 0.15) is 0 Å². The minimum atomic E-state index is -1.48. The Kier molecular flexibility index (Phi) is 12.2. The van der Waals surface area contributed by atoms with Gasteiger partial charge in [-0.25, -0.2) is 9.59 Å². The first kappa shape index (κ1) is 18.9. The maximum atomic E-state index is 10.6. The van der Waals surface area contributed by atoms with Gasteiger partial charge in [-0.2, -0.15) is 0 Å². The van der Waals surface area contributed by atoms with Crippen molar-refractivity contribution in [3.05, 3.63) is 0 Å². The van der Waals surface area contributed by atoms with Crippen molar-refractivity contribution in [1.82, 2.24) is 5.32 Å². The number of hydrogen-bond donors (Lipinski definition) is 3. The normalized spacial score (nSPS) is 10.9. The fraction of sp³-hybridized carbons (Fsp3) is 0.867. The van der Waals surface area contributed by atoms with Crippen LogP contribution in [0.15, 0.2) is 0 Å². The van der Waals surface area contributed by atoms with Gasteiger partial charge in [-0.15, -0.1) is 0 Å². The standard InChI is InChI=1S/C15H29NO4/c1-2-3-4-5-6-7-8-9-10-11-12-16-13(14(17)18)15(19)20/h13,16H,2-12H2,1H3,(H,17,18)(H,19,20). The van der Waals surface area contributed by atoms with Gasteiger partial charge in [0.15, 0.2) is 0 Å². The number of carbonyl (C=O) groups is 2. The van der Waals surface area contributed by atoms with Crippen LogP contribution in [-0.2, 0) is 9.59 Å². The van der Waals surface area contributed by atoms with Crippen LogP contribution < -0.4 is 5.32 Å². The lowest BCUT2D eigenvalue weighted by Crippen LogP contribution is -2.43. The Labute approximate surface area is 121 Å². The molecule has 0 aliphatic heterocycles. The van der Waals surface area contributed by atoms with E-state index in [0.717, 1.165) is 19.3 Å². The zero-order valence-electron chi connectivity index (χ0n) is 12.6. The molecule has 0 saturated carbocycles. The molecule has 20 heavy (non-hydrogen) atoms. The highest BCUT2D eigenvalue weighted by Crippen LogP contribution is 2.10. The third kappa shape index (κ3) is 10.8. The predicted octanol–water partition coefficient (Wildman–Crippen LogP) is 3.03. The molecule has 0 heterocycles. The van der Waals surface area contributed by atoms with E-state index in [1.54, 1.807) is 0 Å². The Morgan fingerprint density at radius 1 is 0.800 bits per heavy atom. The number of nitrogens with one attached hydrogen (secondary N) is 1. The lowest BCUT2D eigenvalue weighted by atomic mass is 10.1. The monoisotopic (exact) mass is 287 g/mol. The van der Waals surface area contributed by atoms with Crippen molar-refractivity contribution in [2.45, 2.75) is 77.2 Å². The van der Waals surface area contributed by atoms with Crippen LogP contribution in [0.4, 0.5) is 0 Å². The summed E-state index contributed by atoms with van der Waals surface area (Å²) in [7, 11) is 0. The minimum Gasteiger partial charge on any atom is -0.480 e. The molecule has 0 spiro atoms. The summed E-state index contributed by atoms with van der Waals surface area (Å²) in [5.74, 6) is -2.66. The van der Waals surface area contributed by atoms with Crippen molar-refractivity contribution in [1.29, 1.82) is 0 Å². The van der Waals surface area contributed by atoms with Gasteiger partial charge in [-0.05, 0) is 13.0 Å². The highest BCUT2D eigenvalue weighted by Gasteiger charge is 2.24. The van der Waals surface area contributed by atoms with Crippen LogP contribution in [0.2, 0.25) is 0 Å². The average Bonchev–Trinajstić information content (AvgIpc) is 2.39. The van der Waals surface area contributed by atoms with Crippen LogP contribution in [0.25, 0.3) is 0 Å². The predicted molar refractivity (Wildman–Crippen MR) is 78.9 cm³/mol. The molecule has 118 valence electrons. The quantitative estimate of drug-likeness (QED) is 0.338. The zero-order chi connectivity index (χ0) is 15.2. The molecule has 0 aliphatic carbocycles. The molecule has 0 aliphatic rings. The lowest BCUT2D eigenvalue weighted by molar-refractivity contribution is -0.151. The number of carboxylic acids is 2. The number of carboxylic acid groups (broad SMARTS) is 2. The summed E-state index contributed by atoms with van der Waals surface area (Å²) in [6.07, 6.45) is 12.1. The second-order valence-corrected chi connectivity index (χ2v) is 5.25. The topological polar surface area (TPSA) is 86.6 Å². The van der Waals surface area contributed by atoms with Crippen molar-refractivity contribution in [3.8, 4) is 0 Å². The van der Waals surface area contributed by atoms with Gasteiger partial charge in [-0.3, -0.25) is 5.32 Å². The Bertz CT molecular complexity index is 255. The number of unbranched alkanes of at least 4 members (excludes halogenated alkanes) is 9. The van der Waals surface area contributed by atoms with Crippen LogP contribution in [0.5, 0.6) is 0 Å². The maximum absolute atomic E-state index is 10.6. The van der Waals surface area contributed by atoms with E-state index in [-0.39, 0.29) is 0 Å². The van der Waals surface area contributed by atoms with Crippen molar-refractivity contribution in [2.75, 3.05) is 6.54 Å². The molecule has 0 aromatic carbocycles. The molecule has 0 radical (unpaired) electrons. The maximum Gasteiger partial charge on any atom is 0.332 e. The Morgan fingerprint density at radius 3 is 1.60 bits per heavy atom. The second-order valence-electron chi connectivity index (χ2n) is 5.25. The second kappa shape index (κ2) is 12.9. The van der Waals surface area contributed by atoms with Gasteiger partial charge in [0, 0.05) is 0 Å². The van der Waals surface area contributed by atoms with Crippen LogP contribution >= 0.6 is 0 Å². The van der Waals surface area contributed by atoms with Gasteiger partial charge in [0.25, 0.3) is 0 Å². The summed E-state index contributed by atoms with van der Waals surface area (Å²) in [4.78, 5) is 21.2. The molecular formula is C15H29NO4. The molecule has 0 bridgehead atoms. The first-order valence-corrected chi connectivity index (χ1v) is 7.78. The van der Waals surface area contributed by atoms with E-state index in [2.05, 4.69) is 12.2 Å². The molecule has 0 aromatic rings. The van der Waals surface area contributed by atoms with Crippen LogP contribution in [0.3, 0.4) is 0 Å². The summed E-state index contributed by atoms with van der Waals surface area (Å²) >= 11 is 0. The molecule has 0 aromatic heterocycles. The molecule has 0 atom stereocenters. The molecule has 3 N–H and O–H groups in total. The minimum absolute atomic E-state index is 0.444. The highest BCUT2D eigenvalue weighted by atomic mass is 16.4. The first-order chi connectivity index (χ1) is 9.59. The van der Waals surface area contributed by atoms with Crippen molar-refractivity contribution < 1.29 is 19.8 Å². The molecular weight excluding hydrogens is 258 g/mol. The Hall–Kier alpha value is -1.10. The smallest absolute Gasteiger partial charge is 0.332 e. The molecule has 0 rings (SSSR count). The van der Waals surface area contributed by atoms with E-state index in [9.17, 15) is 9.59 Å². The molecule has 0 saturated heterocycles. The summed E-state index contributed by atoms with van der Waals surface area (Å²) < 4.78 is 0. The van der Waals surface area contributed by atoms with E-state index in [1.807, 2.05) is 0 Å². The molecule has 0 amide bonds. The summed E-state index contributed by atoms with van der Waals surface area (Å²) in [6, 6.07) is -1.48. The average molecular weight is 287 g/mol. The Balaban J connectivity index is 3.32. The van der Waals surface area contributed by atoms with Gasteiger partial charge >= 0.3 is 11.9 Å². The number of hydrogen-bond acceptors (Lipinski definition) is 3. The first-order valence-electron chi connectivity index (χ1n) is 7.78. The Morgan fingerprint density at radius 2 is 1.20 bits per heavy atom. The van der Waals surface area contributed by atoms with Gasteiger partial charge in [-0.1, -0.05) is 64.7 Å². The van der Waals surface area contributed by atoms with Gasteiger partial charge in [0.05, 0.1) is 0 Å². The van der Waals surface area contributed by atoms with E-state index < -0.39 is 18.0 Å². The molecule has 5 heteroatoms. The summed E-state index contributed by atoms with van der Waals surface area (Å²) in [6.45, 7) is 2.66. The summed E-state index contributed by atoms with van der Waals surface area (Å²) in [5, 5.41) is 19.9. The molecule has 0 unspecified atom stereocenters. The molecule has 5 nitrogen and oxygen atoms in total. The van der Waals surface area contributed by atoms with E-state index in [1.165, 1.54) is 44.9 Å². The summed E-state index contributed by atoms with van der Waals surface area (Å²) in [5.41, 5.74) is 0. The SMILES string of the molecule is CCCCCCCCCCCCNC(C(=O)O)C(=O)O. The van der Waals surface area contributed by atoms with Crippen molar-refractivity contribution >= 4 is 11.9 Å². The van der Waals surface area contributed by atoms with Crippen molar-refractivity contribution in [3.63, 3.8) is 0 Å².